The van der Waals surface area contributed by atoms with E-state index in [1.165, 1.54) is 19.2 Å². The number of nitrogens with zero attached hydrogens (tertiary/aromatic N) is 4. The average molecular weight is 316 g/mol. The lowest BCUT2D eigenvalue weighted by atomic mass is 10.3. The Bertz CT molecular complexity index is 665. The molecule has 2 heterocycles. The number of hydrogen-bond acceptors (Lipinski definition) is 5. The van der Waals surface area contributed by atoms with Crippen LogP contribution in [0.5, 0.6) is 0 Å². The summed E-state index contributed by atoms with van der Waals surface area (Å²) in [5.41, 5.74) is 1.37. The van der Waals surface area contributed by atoms with Gasteiger partial charge in [0.2, 0.25) is 0 Å². The van der Waals surface area contributed by atoms with Crippen LogP contribution in [0.25, 0.3) is 0 Å². The lowest BCUT2D eigenvalue weighted by Crippen LogP contribution is -2.20. The summed E-state index contributed by atoms with van der Waals surface area (Å²) in [6.45, 7) is 0.368. The van der Waals surface area contributed by atoms with Crippen molar-refractivity contribution in [2.45, 2.75) is 38.3 Å². The number of urea groups is 1. The Hall–Kier alpha value is -2.48. The highest BCUT2D eigenvalue weighted by atomic mass is 16.5. The van der Waals surface area contributed by atoms with Crippen molar-refractivity contribution in [2.24, 2.45) is 0 Å². The summed E-state index contributed by atoms with van der Waals surface area (Å²) in [6, 6.07) is 1.76. The Balaban J connectivity index is 1.57. The van der Waals surface area contributed by atoms with Crippen molar-refractivity contribution in [1.29, 1.82) is 0 Å². The third-order valence-electron chi connectivity index (χ3n) is 3.82. The van der Waals surface area contributed by atoms with Gasteiger partial charge in [0.05, 0.1) is 30.2 Å². The lowest BCUT2D eigenvalue weighted by Gasteiger charge is -2.09. The van der Waals surface area contributed by atoms with Crippen LogP contribution in [0.15, 0.2) is 24.8 Å². The zero-order valence-electron chi connectivity index (χ0n) is 13.0. The van der Waals surface area contributed by atoms with Crippen molar-refractivity contribution in [3.05, 3.63) is 30.5 Å². The number of rotatable bonds is 5. The molecule has 3 rings (SSSR count). The zero-order chi connectivity index (χ0) is 16.1. The molecule has 0 bridgehead atoms. The van der Waals surface area contributed by atoms with E-state index in [4.69, 9.17) is 4.74 Å². The molecule has 2 N–H and O–H groups in total. The second-order valence-corrected chi connectivity index (χ2v) is 5.55. The predicted molar refractivity (Wildman–Crippen MR) is 85.1 cm³/mol. The van der Waals surface area contributed by atoms with Crippen molar-refractivity contribution in [2.75, 3.05) is 17.7 Å². The second kappa shape index (κ2) is 7.19. The Morgan fingerprint density at radius 3 is 2.96 bits per heavy atom. The van der Waals surface area contributed by atoms with Crippen LogP contribution >= 0.6 is 0 Å². The number of carbonyl (C=O) groups excluding carboxylic acids is 1. The molecule has 0 aromatic carbocycles. The molecule has 23 heavy (non-hydrogen) atoms. The topological polar surface area (TPSA) is 94.0 Å². The first-order valence-electron chi connectivity index (χ1n) is 7.66. The SMILES string of the molecule is COCc1cc(NC(=O)Nc2cnn(C3CCCC3)c2)ncn1. The van der Waals surface area contributed by atoms with E-state index >= 15 is 0 Å². The molecule has 2 amide bonds. The standard InChI is InChI=1S/C15H20N6O2/c1-23-9-11-6-14(17-10-16-11)20-15(22)19-12-7-18-21(8-12)13-4-2-3-5-13/h6-8,10,13H,2-5,9H2,1H3,(H2,16,17,19,20,22). The first-order valence-corrected chi connectivity index (χ1v) is 7.66. The third kappa shape index (κ3) is 4.04. The molecule has 1 aliphatic rings. The van der Waals surface area contributed by atoms with Crippen molar-refractivity contribution in [1.82, 2.24) is 19.7 Å². The quantitative estimate of drug-likeness (QED) is 0.884. The number of nitrogens with one attached hydrogen (secondary N) is 2. The van der Waals surface area contributed by atoms with E-state index < -0.39 is 0 Å². The summed E-state index contributed by atoms with van der Waals surface area (Å²) in [4.78, 5) is 20.1. The third-order valence-corrected chi connectivity index (χ3v) is 3.82. The molecule has 0 unspecified atom stereocenters. The van der Waals surface area contributed by atoms with Crippen LogP contribution in [0.4, 0.5) is 16.3 Å². The zero-order valence-corrected chi connectivity index (χ0v) is 13.0. The van der Waals surface area contributed by atoms with E-state index in [-0.39, 0.29) is 6.03 Å². The van der Waals surface area contributed by atoms with E-state index in [0.717, 1.165) is 12.8 Å². The van der Waals surface area contributed by atoms with Gasteiger partial charge in [-0.2, -0.15) is 5.10 Å². The molecule has 0 saturated heterocycles. The monoisotopic (exact) mass is 316 g/mol. The summed E-state index contributed by atoms with van der Waals surface area (Å²) in [5, 5.41) is 9.76. The highest BCUT2D eigenvalue weighted by molar-refractivity contribution is 5.98. The lowest BCUT2D eigenvalue weighted by molar-refractivity contribution is 0.181. The molecule has 1 aliphatic carbocycles. The molecular weight excluding hydrogens is 296 g/mol. The second-order valence-electron chi connectivity index (χ2n) is 5.55. The number of amides is 2. The molecule has 0 spiro atoms. The Kier molecular flexibility index (Phi) is 4.82. The van der Waals surface area contributed by atoms with Crippen LogP contribution < -0.4 is 10.6 Å². The minimum atomic E-state index is -0.363. The molecule has 0 atom stereocenters. The Morgan fingerprint density at radius 2 is 2.17 bits per heavy atom. The number of methoxy groups -OCH3 is 1. The van der Waals surface area contributed by atoms with Gasteiger partial charge in [0.1, 0.15) is 12.1 Å². The van der Waals surface area contributed by atoms with Crippen molar-refractivity contribution in [3.63, 3.8) is 0 Å². The molecule has 8 nitrogen and oxygen atoms in total. The number of carbonyl (C=O) groups is 1. The van der Waals surface area contributed by atoms with Crippen LogP contribution in [0.2, 0.25) is 0 Å². The van der Waals surface area contributed by atoms with E-state index in [1.54, 1.807) is 19.4 Å². The van der Waals surface area contributed by atoms with E-state index in [2.05, 4.69) is 25.7 Å². The number of aromatic nitrogens is 4. The summed E-state index contributed by atoms with van der Waals surface area (Å²) < 4.78 is 6.94. The van der Waals surface area contributed by atoms with Crippen molar-refractivity contribution >= 4 is 17.5 Å². The number of ether oxygens (including phenoxy) is 1. The molecule has 0 radical (unpaired) electrons. The highest BCUT2D eigenvalue weighted by Crippen LogP contribution is 2.29. The fourth-order valence-electron chi connectivity index (χ4n) is 2.74. The van der Waals surface area contributed by atoms with Crippen LogP contribution in [-0.4, -0.2) is 32.9 Å². The van der Waals surface area contributed by atoms with E-state index in [1.807, 2.05) is 10.9 Å². The first kappa shape index (κ1) is 15.4. The Labute approximate surface area is 134 Å². The Morgan fingerprint density at radius 1 is 1.35 bits per heavy atom. The van der Waals surface area contributed by atoms with Gasteiger partial charge < -0.3 is 10.1 Å². The predicted octanol–water partition coefficient (Wildman–Crippen LogP) is 2.58. The summed E-state index contributed by atoms with van der Waals surface area (Å²) >= 11 is 0. The number of anilines is 2. The normalized spacial score (nSPS) is 14.8. The fourth-order valence-corrected chi connectivity index (χ4v) is 2.74. The van der Waals surface area contributed by atoms with Gasteiger partial charge in [-0.05, 0) is 12.8 Å². The minimum absolute atomic E-state index is 0.363. The van der Waals surface area contributed by atoms with E-state index in [9.17, 15) is 4.79 Å². The molecular formula is C15H20N6O2. The van der Waals surface area contributed by atoms with Crippen LogP contribution in [0, 0.1) is 0 Å². The van der Waals surface area contributed by atoms with Crippen LogP contribution in [-0.2, 0) is 11.3 Å². The van der Waals surface area contributed by atoms with Gasteiger partial charge in [-0.15, -0.1) is 0 Å². The summed E-state index contributed by atoms with van der Waals surface area (Å²) in [5.74, 6) is 0.424. The molecule has 1 saturated carbocycles. The van der Waals surface area contributed by atoms with Gasteiger partial charge in [0, 0.05) is 19.4 Å². The number of hydrogen-bond donors (Lipinski definition) is 2. The van der Waals surface area contributed by atoms with Gasteiger partial charge in [-0.25, -0.2) is 14.8 Å². The fraction of sp³-hybridized carbons (Fsp3) is 0.467. The summed E-state index contributed by atoms with van der Waals surface area (Å²) in [6.07, 6.45) is 9.70. The highest BCUT2D eigenvalue weighted by Gasteiger charge is 2.17. The average Bonchev–Trinajstić information content (AvgIpc) is 3.18. The van der Waals surface area contributed by atoms with Gasteiger partial charge in [0.15, 0.2) is 0 Å². The van der Waals surface area contributed by atoms with E-state index in [0.29, 0.717) is 29.8 Å². The first-order chi connectivity index (χ1) is 11.2. The molecule has 8 heteroatoms. The molecule has 2 aromatic heterocycles. The van der Waals surface area contributed by atoms with Crippen molar-refractivity contribution in [3.8, 4) is 0 Å². The molecule has 122 valence electrons. The molecule has 0 aliphatic heterocycles. The molecule has 1 fully saturated rings. The van der Waals surface area contributed by atoms with Crippen LogP contribution in [0.3, 0.4) is 0 Å². The van der Waals surface area contributed by atoms with Crippen molar-refractivity contribution < 1.29 is 9.53 Å². The van der Waals surface area contributed by atoms with Crippen LogP contribution in [0.1, 0.15) is 37.4 Å². The van der Waals surface area contributed by atoms with Gasteiger partial charge >= 0.3 is 6.03 Å². The van der Waals surface area contributed by atoms with Gasteiger partial charge in [-0.3, -0.25) is 10.00 Å². The summed E-state index contributed by atoms with van der Waals surface area (Å²) in [7, 11) is 1.59. The largest absolute Gasteiger partial charge is 0.378 e. The molecule has 2 aromatic rings. The van der Waals surface area contributed by atoms with Gasteiger partial charge in [0.25, 0.3) is 0 Å². The minimum Gasteiger partial charge on any atom is -0.378 e. The maximum absolute atomic E-state index is 12.0. The maximum atomic E-state index is 12.0. The smallest absolute Gasteiger partial charge is 0.324 e. The maximum Gasteiger partial charge on any atom is 0.324 e. The van der Waals surface area contributed by atoms with Gasteiger partial charge in [-0.1, -0.05) is 12.8 Å².